The topological polar surface area (TPSA) is 99.0 Å². The van der Waals surface area contributed by atoms with E-state index in [1.54, 1.807) is 23.1 Å². The molecule has 0 bridgehead atoms. The average molecular weight is 500 g/mol. The van der Waals surface area contributed by atoms with Gasteiger partial charge < -0.3 is 20.0 Å². The Bertz CT molecular complexity index is 1100. The molecule has 0 aliphatic carbocycles. The molecule has 2 aromatic rings. The van der Waals surface area contributed by atoms with Crippen LogP contribution in [0.4, 0.5) is 11.4 Å². The van der Waals surface area contributed by atoms with Gasteiger partial charge in [-0.1, -0.05) is 29.8 Å². The standard InChI is InChI=1S/C25H30ClN5O4/c1-28-12-14-30(15-13-28)24(32)18-8-10-29(11-9-18)25(33)19-6-7-22(23(16-19)31(34)35)27-17-20-4-2-3-5-21(20)26/h2-7,16,18,27H,8-15,17H2,1H3. The van der Waals surface area contributed by atoms with Gasteiger partial charge >= 0.3 is 0 Å². The Kier molecular flexibility index (Phi) is 7.87. The summed E-state index contributed by atoms with van der Waals surface area (Å²) in [5, 5.41) is 15.3. The number of nitrogens with zero attached hydrogens (tertiary/aromatic N) is 4. The van der Waals surface area contributed by atoms with Crippen LogP contribution in [0, 0.1) is 16.0 Å². The van der Waals surface area contributed by atoms with Crippen LogP contribution in [-0.2, 0) is 11.3 Å². The summed E-state index contributed by atoms with van der Waals surface area (Å²) in [6.07, 6.45) is 1.22. The largest absolute Gasteiger partial charge is 0.375 e. The van der Waals surface area contributed by atoms with E-state index < -0.39 is 4.92 Å². The minimum atomic E-state index is -0.493. The van der Waals surface area contributed by atoms with E-state index in [1.165, 1.54) is 6.07 Å². The Balaban J connectivity index is 1.37. The maximum Gasteiger partial charge on any atom is 0.293 e. The Morgan fingerprint density at radius 2 is 1.71 bits per heavy atom. The molecule has 10 heteroatoms. The Labute approximate surface area is 209 Å². The molecule has 2 aliphatic rings. The number of likely N-dealkylation sites (N-methyl/N-ethyl adjacent to an activating group) is 1. The van der Waals surface area contributed by atoms with E-state index in [4.69, 9.17) is 11.6 Å². The molecule has 2 aliphatic heterocycles. The number of nitro benzene ring substituents is 1. The predicted octanol–water partition coefficient (Wildman–Crippen LogP) is 3.49. The van der Waals surface area contributed by atoms with Crippen LogP contribution in [-0.4, -0.2) is 77.8 Å². The number of halogens is 1. The zero-order valence-electron chi connectivity index (χ0n) is 19.8. The molecular formula is C25H30ClN5O4. The van der Waals surface area contributed by atoms with Crippen LogP contribution in [0.5, 0.6) is 0 Å². The number of benzene rings is 2. The first kappa shape index (κ1) is 24.9. The van der Waals surface area contributed by atoms with Crippen molar-refractivity contribution >= 4 is 34.8 Å². The summed E-state index contributed by atoms with van der Waals surface area (Å²) in [6.45, 7) is 4.50. The normalized spacial score (nSPS) is 17.3. The van der Waals surface area contributed by atoms with Crippen molar-refractivity contribution in [3.8, 4) is 0 Å². The first-order valence-corrected chi connectivity index (χ1v) is 12.2. The third-order valence-corrected chi connectivity index (χ3v) is 7.18. The maximum atomic E-state index is 13.1. The smallest absolute Gasteiger partial charge is 0.293 e. The fraction of sp³-hybridized carbons (Fsp3) is 0.440. The second-order valence-corrected chi connectivity index (χ2v) is 9.54. The van der Waals surface area contributed by atoms with Crippen molar-refractivity contribution in [2.75, 3.05) is 51.6 Å². The van der Waals surface area contributed by atoms with E-state index in [2.05, 4.69) is 17.3 Å². The third-order valence-electron chi connectivity index (χ3n) is 6.81. The highest BCUT2D eigenvalue weighted by atomic mass is 35.5. The molecule has 2 aromatic carbocycles. The number of nitro groups is 1. The molecule has 0 saturated carbocycles. The molecule has 0 atom stereocenters. The fourth-order valence-corrected chi connectivity index (χ4v) is 4.80. The summed E-state index contributed by atoms with van der Waals surface area (Å²) in [4.78, 5) is 43.0. The van der Waals surface area contributed by atoms with Crippen LogP contribution in [0.15, 0.2) is 42.5 Å². The molecule has 9 nitrogen and oxygen atoms in total. The molecule has 2 fully saturated rings. The number of piperidine rings is 1. The molecular weight excluding hydrogens is 470 g/mol. The van der Waals surface area contributed by atoms with E-state index in [1.807, 2.05) is 23.1 Å². The number of piperazine rings is 1. The first-order chi connectivity index (χ1) is 16.8. The van der Waals surface area contributed by atoms with Gasteiger partial charge in [0, 0.05) is 68.4 Å². The van der Waals surface area contributed by atoms with Gasteiger partial charge in [-0.3, -0.25) is 19.7 Å². The van der Waals surface area contributed by atoms with Crippen molar-refractivity contribution in [2.45, 2.75) is 19.4 Å². The van der Waals surface area contributed by atoms with Gasteiger partial charge in [0.1, 0.15) is 5.69 Å². The van der Waals surface area contributed by atoms with E-state index >= 15 is 0 Å². The third kappa shape index (κ3) is 5.91. The van der Waals surface area contributed by atoms with Crippen molar-refractivity contribution in [3.63, 3.8) is 0 Å². The monoisotopic (exact) mass is 499 g/mol. The highest BCUT2D eigenvalue weighted by molar-refractivity contribution is 6.31. The van der Waals surface area contributed by atoms with Crippen molar-refractivity contribution in [1.82, 2.24) is 14.7 Å². The van der Waals surface area contributed by atoms with Crippen molar-refractivity contribution in [3.05, 3.63) is 68.7 Å². The second-order valence-electron chi connectivity index (χ2n) is 9.13. The lowest BCUT2D eigenvalue weighted by Gasteiger charge is -2.37. The fourth-order valence-electron chi connectivity index (χ4n) is 4.59. The summed E-state index contributed by atoms with van der Waals surface area (Å²) >= 11 is 6.18. The molecule has 0 aromatic heterocycles. The van der Waals surface area contributed by atoms with Gasteiger partial charge in [-0.2, -0.15) is 0 Å². The lowest BCUT2D eigenvalue weighted by atomic mass is 9.94. The molecule has 186 valence electrons. The number of amides is 2. The van der Waals surface area contributed by atoms with Gasteiger partial charge in [0.25, 0.3) is 11.6 Å². The number of carbonyl (C=O) groups excluding carboxylic acids is 2. The summed E-state index contributed by atoms with van der Waals surface area (Å²) in [5.74, 6) is -0.154. The van der Waals surface area contributed by atoms with Crippen LogP contribution in [0.2, 0.25) is 5.02 Å². The lowest BCUT2D eigenvalue weighted by Crippen LogP contribution is -2.51. The van der Waals surface area contributed by atoms with E-state index in [9.17, 15) is 19.7 Å². The van der Waals surface area contributed by atoms with Crippen molar-refractivity contribution < 1.29 is 14.5 Å². The molecule has 0 radical (unpaired) electrons. The Morgan fingerprint density at radius 3 is 2.37 bits per heavy atom. The predicted molar refractivity (Wildman–Crippen MR) is 135 cm³/mol. The SMILES string of the molecule is CN1CCN(C(=O)C2CCN(C(=O)c3ccc(NCc4ccccc4Cl)c([N+](=O)[O-])c3)CC2)CC1. The number of likely N-dealkylation sites (tertiary alicyclic amines) is 1. The van der Waals surface area contributed by atoms with Crippen LogP contribution in [0.25, 0.3) is 0 Å². The number of anilines is 1. The molecule has 4 rings (SSSR count). The van der Waals surface area contributed by atoms with Gasteiger partial charge in [0.2, 0.25) is 5.91 Å². The van der Waals surface area contributed by atoms with Gasteiger partial charge in [-0.25, -0.2) is 0 Å². The number of hydrogen-bond donors (Lipinski definition) is 1. The minimum absolute atomic E-state index is 0.0758. The zero-order chi connectivity index (χ0) is 24.9. The van der Waals surface area contributed by atoms with Crippen LogP contribution in [0.3, 0.4) is 0 Å². The van der Waals surface area contributed by atoms with Crippen molar-refractivity contribution in [2.24, 2.45) is 5.92 Å². The summed E-state index contributed by atoms with van der Waals surface area (Å²) in [5.41, 5.74) is 1.24. The molecule has 0 unspecified atom stereocenters. The van der Waals surface area contributed by atoms with Crippen LogP contribution < -0.4 is 5.32 Å². The summed E-state index contributed by atoms with van der Waals surface area (Å²) < 4.78 is 0. The maximum absolute atomic E-state index is 13.1. The zero-order valence-corrected chi connectivity index (χ0v) is 20.5. The van der Waals surface area contributed by atoms with Gasteiger partial charge in [-0.15, -0.1) is 0 Å². The summed E-state index contributed by atoms with van der Waals surface area (Å²) in [7, 11) is 2.05. The molecule has 2 saturated heterocycles. The Hall–Kier alpha value is -3.17. The Morgan fingerprint density at radius 1 is 1.03 bits per heavy atom. The molecule has 2 heterocycles. The van der Waals surface area contributed by atoms with Gasteiger partial charge in [0.15, 0.2) is 0 Å². The van der Waals surface area contributed by atoms with E-state index in [-0.39, 0.29) is 29.0 Å². The quantitative estimate of drug-likeness (QED) is 0.482. The first-order valence-electron chi connectivity index (χ1n) is 11.9. The van der Waals surface area contributed by atoms with Crippen molar-refractivity contribution in [1.29, 1.82) is 0 Å². The highest BCUT2D eigenvalue weighted by Gasteiger charge is 2.32. The molecule has 2 amide bonds. The second kappa shape index (κ2) is 11.0. The number of hydrogen-bond acceptors (Lipinski definition) is 6. The van der Waals surface area contributed by atoms with E-state index in [0.29, 0.717) is 43.2 Å². The summed E-state index contributed by atoms with van der Waals surface area (Å²) in [6, 6.07) is 11.8. The minimum Gasteiger partial charge on any atom is -0.375 e. The highest BCUT2D eigenvalue weighted by Crippen LogP contribution is 2.29. The van der Waals surface area contributed by atoms with Gasteiger partial charge in [-0.05, 0) is 43.7 Å². The molecule has 1 N–H and O–H groups in total. The number of carbonyl (C=O) groups is 2. The number of rotatable bonds is 6. The molecule has 35 heavy (non-hydrogen) atoms. The van der Waals surface area contributed by atoms with Crippen LogP contribution in [0.1, 0.15) is 28.8 Å². The lowest BCUT2D eigenvalue weighted by molar-refractivity contribution is -0.384. The molecule has 0 spiro atoms. The van der Waals surface area contributed by atoms with E-state index in [0.717, 1.165) is 31.7 Å². The average Bonchev–Trinajstić information content (AvgIpc) is 2.88. The number of nitrogens with one attached hydrogen (secondary N) is 1. The van der Waals surface area contributed by atoms with Gasteiger partial charge in [0.05, 0.1) is 4.92 Å². The van der Waals surface area contributed by atoms with Crippen LogP contribution >= 0.6 is 11.6 Å².